The molecule has 0 spiro atoms. The van der Waals surface area contributed by atoms with Gasteiger partial charge in [0.2, 0.25) is 5.91 Å². The molecule has 0 radical (unpaired) electrons. The molecule has 1 N–H and O–H groups in total. The topological polar surface area (TPSA) is 80.3 Å². The van der Waals surface area contributed by atoms with Crippen molar-refractivity contribution in [3.05, 3.63) is 48.0 Å². The van der Waals surface area contributed by atoms with Crippen LogP contribution in [0, 0.1) is 0 Å². The number of methoxy groups -OCH3 is 3. The van der Waals surface area contributed by atoms with Crippen molar-refractivity contribution in [1.82, 2.24) is 9.80 Å². The van der Waals surface area contributed by atoms with Gasteiger partial charge < -0.3 is 29.3 Å². The minimum absolute atomic E-state index is 0.0657. The lowest BCUT2D eigenvalue weighted by atomic mass is 10.1. The number of hydrogen-bond donors (Lipinski definition) is 1. The highest BCUT2D eigenvalue weighted by Crippen LogP contribution is 2.47. The van der Waals surface area contributed by atoms with Crippen molar-refractivity contribution in [1.29, 1.82) is 0 Å². The second-order valence-electron chi connectivity index (χ2n) is 7.58. The van der Waals surface area contributed by atoms with Crippen molar-refractivity contribution in [3.8, 4) is 17.2 Å². The van der Waals surface area contributed by atoms with E-state index in [0.717, 1.165) is 12.0 Å². The molecule has 3 rings (SSSR count). The number of nitrogens with zero attached hydrogens (tertiary/aromatic N) is 2. The number of nitrogens with one attached hydrogen (secondary N) is 1. The van der Waals surface area contributed by atoms with E-state index in [1.807, 2.05) is 42.2 Å². The zero-order chi connectivity index (χ0) is 24.0. The van der Waals surface area contributed by atoms with Gasteiger partial charge in [0.25, 0.3) is 0 Å². The summed E-state index contributed by atoms with van der Waals surface area (Å²) in [7, 11) is 6.49. The number of carbonyl (C=O) groups excluding carboxylic acids is 2. The number of urea groups is 1. The Balaban J connectivity index is 1.75. The van der Waals surface area contributed by atoms with E-state index in [1.54, 1.807) is 57.2 Å². The van der Waals surface area contributed by atoms with E-state index in [9.17, 15) is 9.59 Å². The molecule has 9 heteroatoms. The van der Waals surface area contributed by atoms with Crippen LogP contribution in [0.15, 0.2) is 42.5 Å². The summed E-state index contributed by atoms with van der Waals surface area (Å²) in [6.45, 7) is 2.77. The van der Waals surface area contributed by atoms with Gasteiger partial charge in [0.1, 0.15) is 22.6 Å². The Hall–Kier alpha value is -3.07. The molecule has 0 bridgehead atoms. The highest BCUT2D eigenvalue weighted by atomic mass is 32.2. The Bertz CT molecular complexity index is 986. The summed E-state index contributed by atoms with van der Waals surface area (Å²) in [6, 6.07) is 12.6. The van der Waals surface area contributed by atoms with E-state index < -0.39 is 0 Å². The first kappa shape index (κ1) is 24.6. The molecule has 0 unspecified atom stereocenters. The van der Waals surface area contributed by atoms with E-state index in [1.165, 1.54) is 0 Å². The Morgan fingerprint density at radius 3 is 2.48 bits per heavy atom. The number of hydrogen-bond acceptors (Lipinski definition) is 6. The van der Waals surface area contributed by atoms with E-state index in [4.69, 9.17) is 14.2 Å². The number of benzene rings is 2. The average Bonchev–Trinajstić information content (AvgIpc) is 3.17. The monoisotopic (exact) mass is 473 g/mol. The van der Waals surface area contributed by atoms with Crippen LogP contribution in [0.3, 0.4) is 0 Å². The molecule has 2 aromatic carbocycles. The van der Waals surface area contributed by atoms with Crippen molar-refractivity contribution in [2.75, 3.05) is 46.8 Å². The number of thioether (sulfide) groups is 1. The van der Waals surface area contributed by atoms with Gasteiger partial charge in [0, 0.05) is 25.7 Å². The van der Waals surface area contributed by atoms with Gasteiger partial charge in [-0.25, -0.2) is 4.79 Å². The smallest absolute Gasteiger partial charge is 0.321 e. The van der Waals surface area contributed by atoms with Gasteiger partial charge in [-0.2, -0.15) is 0 Å². The maximum absolute atomic E-state index is 13.1. The average molecular weight is 474 g/mol. The van der Waals surface area contributed by atoms with Crippen LogP contribution in [0.4, 0.5) is 10.5 Å². The predicted octanol–water partition coefficient (Wildman–Crippen LogP) is 4.23. The van der Waals surface area contributed by atoms with E-state index in [0.29, 0.717) is 36.0 Å². The molecular formula is C24H31N3O5S. The molecule has 0 saturated carbocycles. The minimum Gasteiger partial charge on any atom is -0.497 e. The fourth-order valence-corrected chi connectivity index (χ4v) is 5.12. The van der Waals surface area contributed by atoms with Gasteiger partial charge in [-0.15, -0.1) is 11.8 Å². The number of likely N-dealkylation sites (N-methyl/N-ethyl adjacent to an activating group) is 1. The van der Waals surface area contributed by atoms with Crippen LogP contribution >= 0.6 is 11.8 Å². The molecule has 1 saturated heterocycles. The van der Waals surface area contributed by atoms with Crippen LogP contribution in [0.2, 0.25) is 0 Å². The third-order valence-electron chi connectivity index (χ3n) is 5.58. The second-order valence-corrected chi connectivity index (χ2v) is 8.86. The Labute approximate surface area is 199 Å². The molecule has 178 valence electrons. The van der Waals surface area contributed by atoms with Gasteiger partial charge in [-0.05, 0) is 36.8 Å². The summed E-state index contributed by atoms with van der Waals surface area (Å²) in [6.07, 6.45) is 0.729. The summed E-state index contributed by atoms with van der Waals surface area (Å²) >= 11 is 1.60. The van der Waals surface area contributed by atoms with E-state index in [-0.39, 0.29) is 22.6 Å². The first-order valence-electron chi connectivity index (χ1n) is 10.8. The summed E-state index contributed by atoms with van der Waals surface area (Å²) in [4.78, 5) is 29.2. The van der Waals surface area contributed by atoms with Crippen LogP contribution < -0.4 is 19.5 Å². The Morgan fingerprint density at radius 2 is 1.82 bits per heavy atom. The van der Waals surface area contributed by atoms with Gasteiger partial charge >= 0.3 is 6.03 Å². The van der Waals surface area contributed by atoms with Crippen molar-refractivity contribution in [2.24, 2.45) is 0 Å². The van der Waals surface area contributed by atoms with E-state index in [2.05, 4.69) is 5.32 Å². The fourth-order valence-electron chi connectivity index (χ4n) is 3.68. The molecule has 0 aromatic heterocycles. The van der Waals surface area contributed by atoms with Crippen molar-refractivity contribution in [2.45, 2.75) is 24.0 Å². The molecule has 2 atom stereocenters. The van der Waals surface area contributed by atoms with Gasteiger partial charge in [0.05, 0.1) is 32.3 Å². The van der Waals surface area contributed by atoms with Crippen LogP contribution in [0.1, 0.15) is 24.3 Å². The lowest BCUT2D eigenvalue weighted by molar-refractivity contribution is -0.130. The first-order valence-corrected chi connectivity index (χ1v) is 11.7. The maximum atomic E-state index is 13.1. The van der Waals surface area contributed by atoms with Crippen LogP contribution in [0.5, 0.6) is 17.2 Å². The van der Waals surface area contributed by atoms with E-state index >= 15 is 0 Å². The quantitative estimate of drug-likeness (QED) is 0.587. The molecule has 3 amide bonds. The summed E-state index contributed by atoms with van der Waals surface area (Å²) in [5.74, 6) is 2.05. The lowest BCUT2D eigenvalue weighted by Gasteiger charge is -2.28. The van der Waals surface area contributed by atoms with Crippen molar-refractivity contribution in [3.63, 3.8) is 0 Å². The van der Waals surface area contributed by atoms with Gasteiger partial charge in [0.15, 0.2) is 0 Å². The second kappa shape index (κ2) is 11.2. The van der Waals surface area contributed by atoms with Gasteiger partial charge in [-0.3, -0.25) is 4.79 Å². The highest BCUT2D eigenvalue weighted by Gasteiger charge is 2.41. The summed E-state index contributed by atoms with van der Waals surface area (Å²) < 4.78 is 16.3. The van der Waals surface area contributed by atoms with Crippen molar-refractivity contribution >= 4 is 29.4 Å². The van der Waals surface area contributed by atoms with Crippen LogP contribution in [0.25, 0.3) is 0 Å². The number of amides is 3. The summed E-state index contributed by atoms with van der Waals surface area (Å²) in [5.41, 5.74) is 1.47. The molecule has 1 aliphatic heterocycles. The Morgan fingerprint density at radius 1 is 1.09 bits per heavy atom. The number of rotatable bonds is 9. The number of ether oxygens (including phenoxy) is 3. The third kappa shape index (κ3) is 5.47. The normalized spacial score (nSPS) is 17.6. The molecule has 1 fully saturated rings. The molecule has 1 aliphatic rings. The zero-order valence-corrected chi connectivity index (χ0v) is 20.5. The number of carbonyl (C=O) groups is 2. The lowest BCUT2D eigenvalue weighted by Crippen LogP contribution is -2.40. The Kier molecular flexibility index (Phi) is 8.32. The fraction of sp³-hybridized carbons (Fsp3) is 0.417. The standard InChI is InChI=1S/C24H31N3O5S/c1-6-21-22(28)27(23(33-21)17-15-16(30-3)11-12-19(17)31-4)14-13-26(2)24(29)25-18-9-7-8-10-20(18)32-5/h7-12,15,21,23H,6,13-14H2,1-5H3,(H,25,29)/t21-,23+/m1/s1. The number of para-hydroxylation sites is 2. The highest BCUT2D eigenvalue weighted by molar-refractivity contribution is 8.01. The van der Waals surface area contributed by atoms with Crippen molar-refractivity contribution < 1.29 is 23.8 Å². The summed E-state index contributed by atoms with van der Waals surface area (Å²) in [5, 5.41) is 2.50. The molecular weight excluding hydrogens is 442 g/mol. The molecule has 0 aliphatic carbocycles. The molecule has 8 nitrogen and oxygen atoms in total. The minimum atomic E-state index is -0.277. The molecule has 2 aromatic rings. The maximum Gasteiger partial charge on any atom is 0.321 e. The molecule has 33 heavy (non-hydrogen) atoms. The third-order valence-corrected chi connectivity index (χ3v) is 7.21. The van der Waals surface area contributed by atoms with Gasteiger partial charge in [-0.1, -0.05) is 19.1 Å². The van der Waals surface area contributed by atoms with Crippen LogP contribution in [-0.2, 0) is 4.79 Å². The SMILES string of the molecule is CC[C@H]1S[C@@H](c2cc(OC)ccc2OC)N(CCN(C)C(=O)Nc2ccccc2OC)C1=O. The first-order chi connectivity index (χ1) is 15.9. The largest absolute Gasteiger partial charge is 0.497 e. The predicted molar refractivity (Wildman–Crippen MR) is 130 cm³/mol. The van der Waals surface area contributed by atoms with Crippen LogP contribution in [-0.4, -0.2) is 68.5 Å². The zero-order valence-electron chi connectivity index (χ0n) is 19.7. The number of anilines is 1. The molecule has 1 heterocycles.